The molecule has 108 heavy (non-hydrogen) atoms. The van der Waals surface area contributed by atoms with Gasteiger partial charge in [-0.1, -0.05) is 140 Å². The molecule has 0 N–H and O–H groups in total. The molecule has 20 aromatic rings. The summed E-state index contributed by atoms with van der Waals surface area (Å²) in [5.74, 6) is 0. The largest absolute Gasteiger partial charge is 0.297 e. The zero-order valence-electron chi connectivity index (χ0n) is 65.5. The Bertz CT molecular complexity index is 7060. The van der Waals surface area contributed by atoms with Gasteiger partial charge in [-0.3, -0.25) is 19.9 Å². The topological polar surface area (TPSA) is 84.7 Å². The molecule has 0 radical (unpaired) electrons. The Morgan fingerprint density at radius 3 is 1.06 bits per heavy atom. The smallest absolute Gasteiger partial charge is 0.252 e. The third kappa shape index (κ3) is 10.6. The van der Waals surface area contributed by atoms with Crippen molar-refractivity contribution >= 4 is 154 Å². The van der Waals surface area contributed by atoms with Gasteiger partial charge in [-0.05, 0) is 227 Å². The highest BCUT2D eigenvalue weighted by Crippen LogP contribution is 2.39. The number of hydrogen-bond acceptors (Lipinski definition) is 4. The van der Waals surface area contributed by atoms with Crippen LogP contribution in [0.1, 0.15) is 123 Å². The lowest BCUT2D eigenvalue weighted by Gasteiger charge is -2.10. The number of imidazole rings is 4. The van der Waals surface area contributed by atoms with Crippen molar-refractivity contribution in [1.82, 2.24) is 37.5 Å². The van der Waals surface area contributed by atoms with E-state index in [2.05, 4.69) is 341 Å². The van der Waals surface area contributed by atoms with Crippen LogP contribution in [0.5, 0.6) is 0 Å². The quantitative estimate of drug-likeness (QED) is 0.112. The van der Waals surface area contributed by atoms with Gasteiger partial charge < -0.3 is 0 Å². The van der Waals surface area contributed by atoms with Crippen LogP contribution in [0.3, 0.4) is 0 Å². The number of fused-ring (bicyclic) bond motifs is 32. The Balaban J connectivity index is 0.000000105. The lowest BCUT2D eigenvalue weighted by Crippen LogP contribution is -2.27. The van der Waals surface area contributed by atoms with Gasteiger partial charge in [-0.2, -0.15) is 17.6 Å². The maximum Gasteiger partial charge on any atom is 0.297 e. The molecule has 0 saturated heterocycles. The maximum atomic E-state index is 5.09. The molecular weight excluding hydrogens is 1320 g/mol. The van der Waals surface area contributed by atoms with Crippen LogP contribution in [0.15, 0.2) is 194 Å². The molecule has 0 spiro atoms. The van der Waals surface area contributed by atoms with E-state index in [9.17, 15) is 0 Å². The Morgan fingerprint density at radius 1 is 0.259 bits per heavy atom. The highest BCUT2D eigenvalue weighted by Gasteiger charge is 2.31. The predicted molar refractivity (Wildman–Crippen MR) is 450 cm³/mol. The molecule has 0 saturated carbocycles. The number of benzene rings is 8. The van der Waals surface area contributed by atoms with Crippen LogP contribution < -0.4 is 18.3 Å². The molecule has 12 aromatic heterocycles. The molecule has 0 unspecified atom stereocenters. The second kappa shape index (κ2) is 27.2. The van der Waals surface area contributed by atoms with Gasteiger partial charge in [-0.15, -0.1) is 0 Å². The van der Waals surface area contributed by atoms with Crippen LogP contribution in [0.4, 0.5) is 0 Å². The van der Waals surface area contributed by atoms with Gasteiger partial charge in [0.2, 0.25) is 0 Å². The summed E-state index contributed by atoms with van der Waals surface area (Å²) in [6.45, 7) is 26.5. The minimum Gasteiger partial charge on any atom is -0.252 e. The number of pyridine rings is 8. The Labute approximate surface area is 630 Å². The average Bonchev–Trinajstić information content (AvgIpc) is 1.55. The molecule has 0 aliphatic heterocycles. The maximum absolute atomic E-state index is 5.09. The molecule has 0 bridgehead atoms. The van der Waals surface area contributed by atoms with Crippen molar-refractivity contribution in [2.75, 3.05) is 0 Å². The van der Waals surface area contributed by atoms with Gasteiger partial charge in [0, 0.05) is 49.9 Å². The summed E-state index contributed by atoms with van der Waals surface area (Å²) in [6.07, 6.45) is 7.88. The third-order valence-corrected chi connectivity index (χ3v) is 23.4. The van der Waals surface area contributed by atoms with Crippen molar-refractivity contribution < 1.29 is 18.3 Å². The number of para-hydroxylation sites is 9. The number of rotatable bonds is 8. The number of aromatic nitrogens is 12. The van der Waals surface area contributed by atoms with Crippen molar-refractivity contribution in [1.29, 1.82) is 0 Å². The van der Waals surface area contributed by atoms with Crippen molar-refractivity contribution in [3.63, 3.8) is 0 Å². The molecule has 536 valence electrons. The number of hydrogen-bond donors (Lipinski definition) is 0. The van der Waals surface area contributed by atoms with Crippen molar-refractivity contribution in [3.05, 3.63) is 261 Å². The first kappa shape index (κ1) is 69.3. The van der Waals surface area contributed by atoms with E-state index < -0.39 is 0 Å². The summed E-state index contributed by atoms with van der Waals surface area (Å²) in [6, 6.07) is 70.6. The van der Waals surface area contributed by atoms with E-state index in [0.717, 1.165) is 96.2 Å². The highest BCUT2D eigenvalue weighted by molar-refractivity contribution is 6.16. The SMILES string of the molecule is CCc1cc(C)c2c(n1)c1cccc(CC)c1n1c3ccccc3[n+](C)c21.CCc1cc(C)c2c(n1)c1ccccc1n1c3c(CC)cccc3[n+](C)c21.CCc1ccc2c(c1)c1nc(CC)cc(C)c1c1n2c2ccccc2[n+]1C.CCc1ccc2c3nc(CC)cc(C)c3c3n(c2c1)c1ccccc1[n+]3C. The van der Waals surface area contributed by atoms with Crippen molar-refractivity contribution in [2.24, 2.45) is 28.2 Å². The first-order chi connectivity index (χ1) is 52.6. The van der Waals surface area contributed by atoms with Crippen molar-refractivity contribution in [3.8, 4) is 0 Å². The standard InChI is InChI=1S/4C24H24N3/c1-5-16-10-9-11-18-22-21(15(3)14-17(6-2)25-22)24-26(4)19-12-7-8-13-20(19)27(24)23(16)18;1-5-16-10-9-13-20-23(16)27-19-12-8-7-11-18(19)22-21(24(27)26(20)4)15(3)14-17(6-2)25-22;1-5-16-11-12-19-18(14-16)23-22(15(3)13-17(6-2)25-23)24-26(4)20-9-7-8-10-21(20)27(19)24;1-5-16-11-12-18-21(14-16)27-20-10-8-7-9-19(20)26(4)24(27)22-15(3)13-17(6-2)25-23(18)22/h4*7-14H,5-6H2,1-4H3/q4*+1. The zero-order chi connectivity index (χ0) is 74.8. The fourth-order valence-electron chi connectivity index (χ4n) is 17.9. The van der Waals surface area contributed by atoms with E-state index in [1.165, 1.54) is 176 Å². The van der Waals surface area contributed by atoms with E-state index in [0.29, 0.717) is 0 Å². The first-order valence-electron chi connectivity index (χ1n) is 39.1. The van der Waals surface area contributed by atoms with Crippen LogP contribution >= 0.6 is 0 Å². The molecule has 0 amide bonds. The van der Waals surface area contributed by atoms with E-state index >= 15 is 0 Å². The van der Waals surface area contributed by atoms with Crippen LogP contribution in [0.25, 0.3) is 154 Å². The van der Waals surface area contributed by atoms with E-state index in [4.69, 9.17) is 19.9 Å². The lowest BCUT2D eigenvalue weighted by molar-refractivity contribution is -0.617. The zero-order valence-corrected chi connectivity index (χ0v) is 65.5. The average molecular weight is 1420 g/mol. The summed E-state index contributed by atoms with van der Waals surface area (Å²) in [4.78, 5) is 20.3. The normalized spacial score (nSPS) is 12.0. The van der Waals surface area contributed by atoms with Crippen molar-refractivity contribution in [2.45, 2.75) is 134 Å². The second-order valence-electron chi connectivity index (χ2n) is 29.6. The monoisotopic (exact) mass is 1420 g/mol. The fraction of sp³-hybridized carbons (Fsp3) is 0.250. The molecule has 0 aliphatic carbocycles. The van der Waals surface area contributed by atoms with Crippen LogP contribution in [-0.4, -0.2) is 37.5 Å². The van der Waals surface area contributed by atoms with Gasteiger partial charge in [0.05, 0.1) is 71.8 Å². The molecule has 0 fully saturated rings. The predicted octanol–water partition coefficient (Wildman–Crippen LogP) is 20.2. The minimum absolute atomic E-state index is 0.950. The number of aryl methyl sites for hydroxylation is 16. The van der Waals surface area contributed by atoms with Crippen LogP contribution in [-0.2, 0) is 79.6 Å². The first-order valence-corrected chi connectivity index (χ1v) is 39.1. The molecular formula is C96H96N12+4. The van der Waals surface area contributed by atoms with Gasteiger partial charge in [0.1, 0.15) is 22.1 Å². The van der Waals surface area contributed by atoms with E-state index in [1.807, 2.05) is 0 Å². The highest BCUT2D eigenvalue weighted by atomic mass is 15.1. The molecule has 12 heterocycles. The minimum atomic E-state index is 0.950. The van der Waals surface area contributed by atoms with E-state index in [-0.39, 0.29) is 0 Å². The summed E-state index contributed by atoms with van der Waals surface area (Å²) in [5, 5.41) is 9.97. The molecule has 0 atom stereocenters. The summed E-state index contributed by atoms with van der Waals surface area (Å²) < 4.78 is 19.0. The Morgan fingerprint density at radius 2 is 0.593 bits per heavy atom. The molecule has 12 nitrogen and oxygen atoms in total. The van der Waals surface area contributed by atoms with Gasteiger partial charge in [0.15, 0.2) is 44.1 Å². The number of nitrogens with zero attached hydrogens (tertiary/aromatic N) is 12. The van der Waals surface area contributed by atoms with E-state index in [1.54, 1.807) is 0 Å². The van der Waals surface area contributed by atoms with Crippen LogP contribution in [0.2, 0.25) is 0 Å². The lowest BCUT2D eigenvalue weighted by atomic mass is 10.0. The molecule has 20 rings (SSSR count). The third-order valence-electron chi connectivity index (χ3n) is 23.4. The molecule has 0 aliphatic rings. The van der Waals surface area contributed by atoms with Crippen LogP contribution in [0, 0.1) is 27.7 Å². The molecule has 8 aromatic carbocycles. The molecule has 12 heteroatoms. The summed E-state index contributed by atoms with van der Waals surface area (Å²) >= 11 is 0. The fourth-order valence-corrected chi connectivity index (χ4v) is 17.9. The van der Waals surface area contributed by atoms with Gasteiger partial charge in [-0.25, -0.2) is 18.3 Å². The second-order valence-corrected chi connectivity index (χ2v) is 29.6. The summed E-state index contributed by atoms with van der Waals surface area (Å²) in [5.41, 5.74) is 39.7. The Kier molecular flexibility index (Phi) is 17.5. The van der Waals surface area contributed by atoms with Gasteiger partial charge in [0.25, 0.3) is 22.6 Å². The Hall–Kier alpha value is -11.8. The summed E-state index contributed by atoms with van der Waals surface area (Å²) in [7, 11) is 8.68. The van der Waals surface area contributed by atoms with Gasteiger partial charge >= 0.3 is 0 Å².